The van der Waals surface area contributed by atoms with E-state index >= 15 is 0 Å². The second kappa shape index (κ2) is 29.4. The maximum Gasteiger partial charge on any atom is 0.229 e. The number of carbonyl (C=O) groups excluding carboxylic acids is 3. The first-order valence-electron chi connectivity index (χ1n) is 30.6. The van der Waals surface area contributed by atoms with Gasteiger partial charge in [0.05, 0.1) is 100 Å². The molecule has 0 spiro atoms. The van der Waals surface area contributed by atoms with Crippen molar-refractivity contribution in [2.24, 2.45) is 16.2 Å². The molecule has 0 atom stereocenters. The van der Waals surface area contributed by atoms with Crippen LogP contribution in [0.25, 0.3) is 33.4 Å². The Bertz CT molecular complexity index is 4320. The number of rotatable bonds is 9. The van der Waals surface area contributed by atoms with E-state index in [4.69, 9.17) is 44.2 Å². The number of aromatic nitrogens is 4. The van der Waals surface area contributed by atoms with Crippen LogP contribution in [0.5, 0.6) is 0 Å². The van der Waals surface area contributed by atoms with Crippen LogP contribution < -0.4 is 32.3 Å². The lowest BCUT2D eigenvalue weighted by molar-refractivity contribution is -0.123. The quantitative estimate of drug-likeness (QED) is 0.0742. The highest BCUT2D eigenvalue weighted by Gasteiger charge is 2.30. The van der Waals surface area contributed by atoms with Crippen molar-refractivity contribution in [3.05, 3.63) is 214 Å². The SMILES string of the molecule is CC(C)(C)C(=O)Nc1ccccc1N.CC(C)(C)C(=O)Nc1ccccc1Nc1cccc(Nc2ccccc2NC(=O)C(C)(C)C)c1C#N.CC(C)(C)c1nc2ccccc2n1-c1cccc(-n2c(C(C)(C)C)nc3ccccc32)c1C#N.N#Cc1c(Cl)cccc1Cl. The molecule has 94 heavy (non-hydrogen) atoms. The van der Waals surface area contributed by atoms with E-state index < -0.39 is 16.2 Å². The molecule has 7 N–H and O–H groups in total. The van der Waals surface area contributed by atoms with Gasteiger partial charge in [-0.3, -0.25) is 23.5 Å². The number of anilines is 8. The summed E-state index contributed by atoms with van der Waals surface area (Å²) in [5.74, 6) is 1.60. The number of fused-ring (bicyclic) bond motifs is 2. The van der Waals surface area contributed by atoms with E-state index in [2.05, 4.69) is 102 Å². The summed E-state index contributed by atoms with van der Waals surface area (Å²) in [7, 11) is 0. The van der Waals surface area contributed by atoms with Crippen molar-refractivity contribution in [3.63, 3.8) is 0 Å². The number of nitriles is 3. The Morgan fingerprint density at radius 3 is 1.04 bits per heavy atom. The Balaban J connectivity index is 0.000000198. The number of imidazole rings is 2. The number of hydrogen-bond acceptors (Lipinski definition) is 11. The molecule has 0 aliphatic heterocycles. The molecule has 0 saturated heterocycles. The van der Waals surface area contributed by atoms with Gasteiger partial charge in [0.25, 0.3) is 0 Å². The van der Waals surface area contributed by atoms with Crippen LogP contribution in [-0.4, -0.2) is 36.8 Å². The third kappa shape index (κ3) is 17.4. The summed E-state index contributed by atoms with van der Waals surface area (Å²) in [5, 5.41) is 45.1. The van der Waals surface area contributed by atoms with Crippen molar-refractivity contribution in [1.82, 2.24) is 19.1 Å². The van der Waals surface area contributed by atoms with E-state index in [1.807, 2.05) is 190 Å². The molecule has 0 aliphatic carbocycles. The molecule has 10 rings (SSSR count). The molecule has 0 aliphatic rings. The van der Waals surface area contributed by atoms with Gasteiger partial charge >= 0.3 is 0 Å². The van der Waals surface area contributed by atoms with Crippen molar-refractivity contribution in [3.8, 4) is 29.6 Å². The molecule has 2 aromatic heterocycles. The van der Waals surface area contributed by atoms with Crippen LogP contribution in [0.1, 0.15) is 132 Å². The van der Waals surface area contributed by atoms with Crippen molar-refractivity contribution in [2.45, 2.75) is 115 Å². The number of nitrogens with one attached hydrogen (secondary N) is 5. The molecule has 0 bridgehead atoms. The van der Waals surface area contributed by atoms with Gasteiger partial charge in [-0.05, 0) is 97.1 Å². The summed E-state index contributed by atoms with van der Waals surface area (Å²) in [6, 6.07) is 61.3. The lowest BCUT2D eigenvalue weighted by Gasteiger charge is -2.24. The summed E-state index contributed by atoms with van der Waals surface area (Å²) in [6.45, 7) is 29.6. The molecule has 482 valence electrons. The smallest absolute Gasteiger partial charge is 0.229 e. The maximum atomic E-state index is 12.6. The van der Waals surface area contributed by atoms with Gasteiger partial charge in [-0.25, -0.2) is 9.97 Å². The summed E-state index contributed by atoms with van der Waals surface area (Å²) in [5.41, 5.74) is 15.6. The lowest BCUT2D eigenvalue weighted by atomic mass is 9.94. The number of amides is 3. The van der Waals surface area contributed by atoms with E-state index in [1.165, 1.54) is 0 Å². The summed E-state index contributed by atoms with van der Waals surface area (Å²) < 4.78 is 4.29. The molecular weight excluding hydrogens is 1210 g/mol. The highest BCUT2D eigenvalue weighted by molar-refractivity contribution is 6.36. The zero-order chi connectivity index (χ0) is 69.1. The number of nitrogens with two attached hydrogens (primary N) is 1. The Morgan fingerprint density at radius 1 is 0.383 bits per heavy atom. The van der Waals surface area contributed by atoms with Crippen LogP contribution in [0, 0.1) is 50.2 Å². The van der Waals surface area contributed by atoms with Crippen LogP contribution in [-0.2, 0) is 25.2 Å². The second-order valence-electron chi connectivity index (χ2n) is 27.4. The predicted molar refractivity (Wildman–Crippen MR) is 385 cm³/mol. The largest absolute Gasteiger partial charge is 0.397 e. The molecule has 16 nitrogen and oxygen atoms in total. The molecule has 8 aromatic carbocycles. The average molecular weight is 1300 g/mol. The van der Waals surface area contributed by atoms with Gasteiger partial charge in [-0.2, -0.15) is 15.8 Å². The van der Waals surface area contributed by atoms with Gasteiger partial charge in [0.15, 0.2) is 0 Å². The number of benzene rings is 8. The third-order valence-electron chi connectivity index (χ3n) is 14.5. The van der Waals surface area contributed by atoms with Crippen LogP contribution in [0.2, 0.25) is 10.0 Å². The summed E-state index contributed by atoms with van der Waals surface area (Å²) in [6.07, 6.45) is 0. The number of carbonyl (C=O) groups is 3. The van der Waals surface area contributed by atoms with Crippen LogP contribution >= 0.6 is 23.2 Å². The normalized spacial score (nSPS) is 11.4. The Kier molecular flexibility index (Phi) is 22.2. The fraction of sp³-hybridized carbons (Fsp3) is 0.263. The maximum absolute atomic E-state index is 12.6. The molecule has 0 unspecified atom stereocenters. The van der Waals surface area contributed by atoms with E-state index in [9.17, 15) is 24.9 Å². The molecule has 2 heterocycles. The van der Waals surface area contributed by atoms with E-state index in [0.717, 1.165) is 45.1 Å². The topological polar surface area (TPSA) is 244 Å². The molecule has 3 amide bonds. The highest BCUT2D eigenvalue weighted by atomic mass is 35.5. The zero-order valence-corrected chi connectivity index (χ0v) is 57.4. The van der Waals surface area contributed by atoms with E-state index in [1.54, 1.807) is 42.5 Å². The molecule has 0 radical (unpaired) electrons. The lowest BCUT2D eigenvalue weighted by Crippen LogP contribution is -2.27. The van der Waals surface area contributed by atoms with Crippen molar-refractivity contribution in [2.75, 3.05) is 32.3 Å². The van der Waals surface area contributed by atoms with E-state index in [0.29, 0.717) is 72.2 Å². The minimum absolute atomic E-state index is 0.0320. The summed E-state index contributed by atoms with van der Waals surface area (Å²) >= 11 is 11.2. The van der Waals surface area contributed by atoms with Gasteiger partial charge in [-0.1, -0.05) is 206 Å². The van der Waals surface area contributed by atoms with Crippen LogP contribution in [0.4, 0.5) is 45.5 Å². The molecule has 0 fully saturated rings. The Hall–Kier alpha value is -10.4. The molecule has 18 heteroatoms. The highest BCUT2D eigenvalue weighted by Crippen LogP contribution is 2.38. The minimum atomic E-state index is -0.551. The number of halogens is 2. The number of para-hydroxylation sites is 10. The van der Waals surface area contributed by atoms with E-state index in [-0.39, 0.29) is 28.6 Å². The van der Waals surface area contributed by atoms with Crippen molar-refractivity contribution in [1.29, 1.82) is 15.8 Å². The average Bonchev–Trinajstić information content (AvgIpc) is 1.58. The fourth-order valence-electron chi connectivity index (χ4n) is 9.28. The summed E-state index contributed by atoms with van der Waals surface area (Å²) in [4.78, 5) is 46.7. The molecule has 10 aromatic rings. The van der Waals surface area contributed by atoms with Gasteiger partial charge in [-0.15, -0.1) is 0 Å². The zero-order valence-electron chi connectivity index (χ0n) is 55.9. The third-order valence-corrected chi connectivity index (χ3v) is 15.1. The van der Waals surface area contributed by atoms with Crippen molar-refractivity contribution < 1.29 is 14.4 Å². The van der Waals surface area contributed by atoms with Gasteiger partial charge < -0.3 is 32.3 Å². The molecular formula is C76H81Cl2N13O3. The number of nitrogen functional groups attached to an aromatic ring is 1. The first-order chi connectivity index (χ1) is 44.2. The first-order valence-corrected chi connectivity index (χ1v) is 31.3. The van der Waals surface area contributed by atoms with Crippen LogP contribution in [0.3, 0.4) is 0 Å². The number of hydrogen-bond donors (Lipinski definition) is 6. The van der Waals surface area contributed by atoms with Gasteiger partial charge in [0.2, 0.25) is 17.7 Å². The van der Waals surface area contributed by atoms with Gasteiger partial charge in [0, 0.05) is 27.1 Å². The Labute approximate surface area is 561 Å². The Morgan fingerprint density at radius 2 is 0.691 bits per heavy atom. The van der Waals surface area contributed by atoms with Gasteiger partial charge in [0.1, 0.15) is 35.4 Å². The monoisotopic (exact) mass is 1290 g/mol. The first kappa shape index (κ1) is 71.0. The fourth-order valence-corrected chi connectivity index (χ4v) is 9.76. The molecule has 0 saturated carbocycles. The van der Waals surface area contributed by atoms with Crippen LogP contribution in [0.15, 0.2) is 176 Å². The van der Waals surface area contributed by atoms with Crippen molar-refractivity contribution >= 4 is 108 Å². The standard InChI is InChI=1S/C29H33N5O2.C29H29N5.C11H16N2O.C7H3Cl2N/c1-28(2,3)26(35)33-24-14-9-7-12-22(24)31-20-16-11-17-21(19(20)18-30)32-23-13-8-10-15-25(23)34-27(36)29(4,5)6;1-28(2,3)26-31-20-12-7-9-14-24(20)33(26)22-16-11-17-23(19(22)18-30)34-25-15-10-8-13-21(25)32-27(34)29(4,5)6;1-11(2,3)10(14)13-9-7-5-4-6-8(9)12;8-6-2-1-3-7(9)5(6)4-10/h7-17,31-32H,1-6H3,(H,33,35)(H,34,36);7-17H,1-6H3;4-7H,12H2,1-3H3,(H,13,14);1-3H. The number of nitrogens with zero attached hydrogens (tertiary/aromatic N) is 7. The predicted octanol–water partition coefficient (Wildman–Crippen LogP) is 19.0. The second-order valence-corrected chi connectivity index (χ2v) is 28.2. The minimum Gasteiger partial charge on any atom is -0.397 e.